The van der Waals surface area contributed by atoms with Crippen molar-refractivity contribution in [3.8, 4) is 0 Å². The van der Waals surface area contributed by atoms with E-state index in [1.807, 2.05) is 36.4 Å². The lowest BCUT2D eigenvalue weighted by Crippen LogP contribution is -1.92. The second kappa shape index (κ2) is 3.94. The summed E-state index contributed by atoms with van der Waals surface area (Å²) >= 11 is 0. The van der Waals surface area contributed by atoms with Crippen molar-refractivity contribution in [2.24, 2.45) is 0 Å². The van der Waals surface area contributed by atoms with Crippen LogP contribution in [-0.4, -0.2) is 16.3 Å². The quantitative estimate of drug-likeness (QED) is 0.494. The van der Waals surface area contributed by atoms with Crippen molar-refractivity contribution in [1.29, 1.82) is 0 Å². The molecule has 0 aliphatic rings. The Morgan fingerprint density at radius 3 is 2.59 bits per heavy atom. The fourth-order valence-corrected chi connectivity index (χ4v) is 1.96. The summed E-state index contributed by atoms with van der Waals surface area (Å²) in [5.74, 6) is 0. The topological polar surface area (TPSA) is 42.9 Å². The Labute approximate surface area is 98.1 Å². The SMILES string of the molecule is O=CCc1ccc2ccc3cccnc3c2n1. The molecule has 0 saturated heterocycles. The zero-order valence-electron chi connectivity index (χ0n) is 9.13. The number of hydrogen-bond donors (Lipinski definition) is 0. The van der Waals surface area contributed by atoms with Crippen molar-refractivity contribution in [3.63, 3.8) is 0 Å². The Hall–Kier alpha value is -2.29. The number of carbonyl (C=O) groups excluding carboxylic acids is 1. The van der Waals surface area contributed by atoms with Crippen LogP contribution in [0.4, 0.5) is 0 Å². The average Bonchev–Trinajstić information content (AvgIpc) is 2.39. The molecule has 0 N–H and O–H groups in total. The van der Waals surface area contributed by atoms with Crippen LogP contribution < -0.4 is 0 Å². The lowest BCUT2D eigenvalue weighted by Gasteiger charge is -2.03. The van der Waals surface area contributed by atoms with E-state index < -0.39 is 0 Å². The van der Waals surface area contributed by atoms with E-state index >= 15 is 0 Å². The van der Waals surface area contributed by atoms with Crippen LogP contribution in [0.15, 0.2) is 42.6 Å². The van der Waals surface area contributed by atoms with Gasteiger partial charge >= 0.3 is 0 Å². The van der Waals surface area contributed by atoms with E-state index in [-0.39, 0.29) is 0 Å². The van der Waals surface area contributed by atoms with E-state index in [1.165, 1.54) is 0 Å². The molecule has 0 spiro atoms. The van der Waals surface area contributed by atoms with Crippen molar-refractivity contribution >= 4 is 28.1 Å². The minimum absolute atomic E-state index is 0.346. The maximum atomic E-state index is 10.5. The fraction of sp³-hybridized carbons (Fsp3) is 0.0714. The molecule has 0 fully saturated rings. The van der Waals surface area contributed by atoms with Gasteiger partial charge in [-0.15, -0.1) is 0 Å². The molecule has 2 aromatic heterocycles. The van der Waals surface area contributed by atoms with E-state index in [9.17, 15) is 4.79 Å². The number of benzene rings is 1. The molecule has 0 bridgehead atoms. The first-order valence-corrected chi connectivity index (χ1v) is 5.45. The van der Waals surface area contributed by atoms with Crippen molar-refractivity contribution in [2.45, 2.75) is 6.42 Å². The number of nitrogens with zero attached hydrogens (tertiary/aromatic N) is 2. The molecule has 82 valence electrons. The summed E-state index contributed by atoms with van der Waals surface area (Å²) in [5, 5.41) is 2.11. The van der Waals surface area contributed by atoms with Crippen LogP contribution in [0.1, 0.15) is 5.69 Å². The molecule has 3 nitrogen and oxygen atoms in total. The summed E-state index contributed by atoms with van der Waals surface area (Å²) in [5.41, 5.74) is 2.53. The minimum atomic E-state index is 0.346. The van der Waals surface area contributed by atoms with Gasteiger partial charge in [-0.3, -0.25) is 9.97 Å². The zero-order chi connectivity index (χ0) is 11.7. The lowest BCUT2D eigenvalue weighted by molar-refractivity contribution is -0.107. The maximum Gasteiger partial charge on any atom is 0.125 e. The molecule has 0 aliphatic heterocycles. The molecular formula is C14H10N2O. The predicted molar refractivity (Wildman–Crippen MR) is 66.8 cm³/mol. The van der Waals surface area contributed by atoms with Gasteiger partial charge in [-0.25, -0.2) is 0 Å². The second-order valence-corrected chi connectivity index (χ2v) is 3.89. The molecule has 0 unspecified atom stereocenters. The predicted octanol–water partition coefficient (Wildman–Crippen LogP) is 2.52. The highest BCUT2D eigenvalue weighted by Gasteiger charge is 2.03. The van der Waals surface area contributed by atoms with E-state index in [2.05, 4.69) is 9.97 Å². The van der Waals surface area contributed by atoms with Crippen molar-refractivity contribution in [1.82, 2.24) is 9.97 Å². The minimum Gasteiger partial charge on any atom is -0.303 e. The van der Waals surface area contributed by atoms with Crippen LogP contribution >= 0.6 is 0 Å². The van der Waals surface area contributed by atoms with Gasteiger partial charge in [0.05, 0.1) is 11.0 Å². The Morgan fingerprint density at radius 1 is 1.00 bits per heavy atom. The molecule has 0 amide bonds. The molecule has 0 radical (unpaired) electrons. The van der Waals surface area contributed by atoms with Crippen LogP contribution in [0.5, 0.6) is 0 Å². The number of fused-ring (bicyclic) bond motifs is 3. The van der Waals surface area contributed by atoms with Crippen LogP contribution in [0.3, 0.4) is 0 Å². The number of rotatable bonds is 2. The summed E-state index contributed by atoms with van der Waals surface area (Å²) in [7, 11) is 0. The lowest BCUT2D eigenvalue weighted by atomic mass is 10.1. The molecule has 17 heavy (non-hydrogen) atoms. The van der Waals surface area contributed by atoms with Gasteiger partial charge in [0.15, 0.2) is 0 Å². The summed E-state index contributed by atoms with van der Waals surface area (Å²) in [6, 6.07) is 11.8. The van der Waals surface area contributed by atoms with Gasteiger partial charge in [-0.2, -0.15) is 0 Å². The van der Waals surface area contributed by atoms with Crippen LogP contribution in [-0.2, 0) is 11.2 Å². The van der Waals surface area contributed by atoms with Crippen molar-refractivity contribution < 1.29 is 4.79 Å². The van der Waals surface area contributed by atoms with Crippen molar-refractivity contribution in [2.75, 3.05) is 0 Å². The highest BCUT2D eigenvalue weighted by molar-refractivity contribution is 6.02. The molecule has 2 heterocycles. The molecule has 1 aromatic carbocycles. The third-order valence-corrected chi connectivity index (χ3v) is 2.78. The first kappa shape index (κ1) is 9.90. The van der Waals surface area contributed by atoms with Gasteiger partial charge in [0.25, 0.3) is 0 Å². The summed E-state index contributed by atoms with van der Waals surface area (Å²) in [4.78, 5) is 19.4. The first-order valence-electron chi connectivity index (χ1n) is 5.45. The summed E-state index contributed by atoms with van der Waals surface area (Å²) < 4.78 is 0. The summed E-state index contributed by atoms with van der Waals surface area (Å²) in [6.07, 6.45) is 2.97. The van der Waals surface area contributed by atoms with E-state index in [1.54, 1.807) is 6.20 Å². The monoisotopic (exact) mass is 222 g/mol. The number of hydrogen-bond acceptors (Lipinski definition) is 3. The number of carbonyl (C=O) groups is 1. The number of aldehydes is 1. The smallest absolute Gasteiger partial charge is 0.125 e. The van der Waals surface area contributed by atoms with Gasteiger partial charge in [-0.1, -0.05) is 24.3 Å². The Morgan fingerprint density at radius 2 is 1.76 bits per heavy atom. The maximum absolute atomic E-state index is 10.5. The van der Waals surface area contributed by atoms with Gasteiger partial charge in [0, 0.05) is 29.1 Å². The highest BCUT2D eigenvalue weighted by atomic mass is 16.1. The Balaban J connectivity index is 2.38. The molecule has 0 atom stereocenters. The third-order valence-electron chi connectivity index (χ3n) is 2.78. The van der Waals surface area contributed by atoms with Gasteiger partial charge in [0.1, 0.15) is 6.29 Å². The molecule has 0 saturated carbocycles. The average molecular weight is 222 g/mol. The largest absolute Gasteiger partial charge is 0.303 e. The third kappa shape index (κ3) is 1.65. The molecular weight excluding hydrogens is 212 g/mol. The van der Waals surface area contributed by atoms with Gasteiger partial charge < -0.3 is 4.79 Å². The molecule has 0 aliphatic carbocycles. The van der Waals surface area contributed by atoms with Crippen molar-refractivity contribution in [3.05, 3.63) is 48.3 Å². The van der Waals surface area contributed by atoms with Crippen LogP contribution in [0.2, 0.25) is 0 Å². The number of pyridine rings is 2. The van der Waals surface area contributed by atoms with E-state index in [0.29, 0.717) is 6.42 Å². The second-order valence-electron chi connectivity index (χ2n) is 3.89. The van der Waals surface area contributed by atoms with Gasteiger partial charge in [0.2, 0.25) is 0 Å². The van der Waals surface area contributed by atoms with E-state index in [4.69, 9.17) is 0 Å². The van der Waals surface area contributed by atoms with Crippen LogP contribution in [0, 0.1) is 0 Å². The first-order chi connectivity index (χ1) is 8.38. The normalized spacial score (nSPS) is 10.8. The van der Waals surface area contributed by atoms with Crippen LogP contribution in [0.25, 0.3) is 21.8 Å². The molecule has 3 aromatic rings. The highest BCUT2D eigenvalue weighted by Crippen LogP contribution is 2.21. The molecule has 3 rings (SSSR count). The standard InChI is InChI=1S/C14H10N2O/c17-9-7-12-6-5-11-4-3-10-2-1-8-15-13(10)14(11)16-12/h1-6,8-9H,7H2. The molecule has 3 heteroatoms. The van der Waals surface area contributed by atoms with E-state index in [0.717, 1.165) is 33.8 Å². The zero-order valence-corrected chi connectivity index (χ0v) is 9.13. The Bertz CT molecular complexity index is 707. The summed E-state index contributed by atoms with van der Waals surface area (Å²) in [6.45, 7) is 0. The fourth-order valence-electron chi connectivity index (χ4n) is 1.96. The Kier molecular flexibility index (Phi) is 2.29. The number of aromatic nitrogens is 2. The van der Waals surface area contributed by atoms with Gasteiger partial charge in [-0.05, 0) is 12.1 Å².